The van der Waals surface area contributed by atoms with Crippen LogP contribution in [-0.2, 0) is 54.3 Å². The maximum Gasteiger partial charge on any atom is 0.326 e. The Labute approximate surface area is 462 Å². The summed E-state index contributed by atoms with van der Waals surface area (Å²) in [6.45, 7) is 19.9. The Kier molecular flexibility index (Phi) is 24.6. The highest BCUT2D eigenvalue weighted by molar-refractivity contribution is 8.00. The van der Waals surface area contributed by atoms with Gasteiger partial charge in [-0.25, -0.2) is 4.79 Å². The number of rotatable bonds is 31. The molecule has 1 aromatic rings. The first-order valence-electron chi connectivity index (χ1n) is 27.6. The molecule has 0 radical (unpaired) electrons. The number of nitrogens with one attached hydrogen (secondary N) is 2. The Hall–Kier alpha value is -4.26. The smallest absolute Gasteiger partial charge is 0.326 e. The first-order chi connectivity index (χ1) is 35.7. The van der Waals surface area contributed by atoms with Crippen LogP contribution in [0.4, 0.5) is 0 Å². The van der Waals surface area contributed by atoms with Crippen LogP contribution in [0.15, 0.2) is 24.3 Å². The van der Waals surface area contributed by atoms with Crippen molar-refractivity contribution in [3.05, 3.63) is 34.9 Å². The number of thioether (sulfide) groups is 1. The molecular formula is C57H91ClN6O11S. The highest BCUT2D eigenvalue weighted by Crippen LogP contribution is 2.50. The number of amides is 7. The molecule has 2 saturated heterocycles. The number of benzene rings is 1. The number of imide groups is 1. The van der Waals surface area contributed by atoms with Crippen LogP contribution in [-0.4, -0.2) is 166 Å². The number of nitrogens with zero attached hydrogens (tertiary/aromatic N) is 4. The number of halogens is 1. The van der Waals surface area contributed by atoms with E-state index in [-0.39, 0.29) is 95.6 Å². The van der Waals surface area contributed by atoms with E-state index in [9.17, 15) is 43.5 Å². The fourth-order valence-electron chi connectivity index (χ4n) is 11.2. The van der Waals surface area contributed by atoms with E-state index < -0.39 is 66.1 Å². The molecule has 3 aliphatic rings. The van der Waals surface area contributed by atoms with Crippen LogP contribution >= 0.6 is 23.4 Å². The van der Waals surface area contributed by atoms with Gasteiger partial charge in [-0.2, -0.15) is 0 Å². The molecule has 7 amide bonds. The van der Waals surface area contributed by atoms with Gasteiger partial charge in [0.25, 0.3) is 0 Å². The van der Waals surface area contributed by atoms with Crippen LogP contribution in [0.5, 0.6) is 0 Å². The van der Waals surface area contributed by atoms with Gasteiger partial charge < -0.3 is 39.9 Å². The number of fused-ring (bicyclic) bond motifs is 1. The summed E-state index contributed by atoms with van der Waals surface area (Å²) >= 11 is 7.89. The van der Waals surface area contributed by atoms with Crippen molar-refractivity contribution in [2.45, 2.75) is 200 Å². The summed E-state index contributed by atoms with van der Waals surface area (Å²) in [5.74, 6) is -3.84. The Bertz CT molecular complexity index is 2170. The molecule has 12 atom stereocenters. The molecule has 1 saturated carbocycles. The van der Waals surface area contributed by atoms with Crippen LogP contribution in [0, 0.1) is 35.0 Å². The summed E-state index contributed by atoms with van der Waals surface area (Å²) in [7, 11) is 6.27. The lowest BCUT2D eigenvalue weighted by Crippen LogP contribution is -2.60. The largest absolute Gasteiger partial charge is 0.480 e. The minimum absolute atomic E-state index is 0.0193. The molecule has 1 aliphatic carbocycles. The summed E-state index contributed by atoms with van der Waals surface area (Å²) in [6, 6.07) is 2.63. The van der Waals surface area contributed by atoms with Gasteiger partial charge in [0.1, 0.15) is 18.1 Å². The van der Waals surface area contributed by atoms with Gasteiger partial charge in [0.05, 0.1) is 41.9 Å². The molecular weight excluding hydrogens is 1010 g/mol. The predicted molar refractivity (Wildman–Crippen MR) is 296 cm³/mol. The monoisotopic (exact) mass is 1100 g/mol. The number of carboxylic acid groups (broad SMARTS) is 1. The second-order valence-electron chi connectivity index (χ2n) is 23.5. The molecule has 4 rings (SSSR count). The van der Waals surface area contributed by atoms with Gasteiger partial charge in [-0.15, -0.1) is 11.8 Å². The van der Waals surface area contributed by atoms with Crippen LogP contribution in [0.2, 0.25) is 5.02 Å². The molecule has 0 spiro atoms. The van der Waals surface area contributed by atoms with Gasteiger partial charge in [-0.3, -0.25) is 38.5 Å². The van der Waals surface area contributed by atoms with Crippen molar-refractivity contribution in [2.75, 3.05) is 40.6 Å². The number of ether oxygens (including phenoxy) is 2. The van der Waals surface area contributed by atoms with E-state index in [2.05, 4.69) is 31.4 Å². The number of piperidine rings is 1. The first-order valence-corrected chi connectivity index (χ1v) is 29.0. The van der Waals surface area contributed by atoms with Gasteiger partial charge in [-0.1, -0.05) is 112 Å². The lowest BCUT2D eigenvalue weighted by molar-refractivity contribution is -0.149. The molecule has 5 unspecified atom stereocenters. The predicted octanol–water partition coefficient (Wildman–Crippen LogP) is 7.24. The molecule has 428 valence electrons. The van der Waals surface area contributed by atoms with Crippen LogP contribution in [0.3, 0.4) is 0 Å². The normalized spacial score (nSPS) is 21.6. The zero-order valence-corrected chi connectivity index (χ0v) is 49.5. The van der Waals surface area contributed by atoms with Crippen molar-refractivity contribution < 1.29 is 52.9 Å². The average Bonchev–Trinajstić information content (AvgIpc) is 3.93. The second-order valence-corrected chi connectivity index (χ2v) is 25.2. The van der Waals surface area contributed by atoms with E-state index in [1.807, 2.05) is 46.4 Å². The van der Waals surface area contributed by atoms with Gasteiger partial charge >= 0.3 is 5.97 Å². The van der Waals surface area contributed by atoms with E-state index in [0.717, 1.165) is 25.0 Å². The van der Waals surface area contributed by atoms with E-state index in [1.54, 1.807) is 61.9 Å². The lowest BCUT2D eigenvalue weighted by Gasteiger charge is -2.41. The van der Waals surface area contributed by atoms with Gasteiger partial charge in [-0.05, 0) is 85.0 Å². The fourth-order valence-corrected chi connectivity index (χ4v) is 12.5. The van der Waals surface area contributed by atoms with Crippen molar-refractivity contribution in [3.8, 4) is 0 Å². The third-order valence-corrected chi connectivity index (χ3v) is 17.5. The van der Waals surface area contributed by atoms with Crippen molar-refractivity contribution in [2.24, 2.45) is 35.0 Å². The second kappa shape index (κ2) is 29.1. The number of aliphatic carboxylic acids is 1. The number of carbonyl (C=O) groups excluding carboxylic acids is 7. The molecule has 2 aliphatic heterocycles. The number of unbranched alkanes of at least 4 members (excludes halogenated alkanes) is 2. The number of likely N-dealkylation sites (tertiary alicyclic amines) is 2. The van der Waals surface area contributed by atoms with Gasteiger partial charge in [0, 0.05) is 65.2 Å². The standard InChI is InChI=1S/C57H91ClN6O11S/c1-15-35(6)50(43(74-13)31-47(67)64-41-29-38(41)30-42(64)51(75-14)36(7)52(68)59-40(56(72)73)28-37-22-18-19-23-39(37)58)62(12)55(71)48(33(2)3)60-53(69)49(34(4)5)61(11)45(65)24-17-16-20-26-63-46(66)32-44(54(63)70)76-27-21-25-57(8,9)10/h18-19,22-23,33-36,38,40-44,48-51H,15-17,20-21,24-32H2,1-14H3,(H,59,68)(H,60,69)(H,72,73)/t35-,36+,38+,40-,41?,42?,43?,44?,48-,49-,50?,51+/m0/s1. The highest BCUT2D eigenvalue weighted by atomic mass is 35.5. The molecule has 3 N–H and O–H groups in total. The molecule has 0 bridgehead atoms. The SMILES string of the molecule is CC[C@H](C)C(C(CC(=O)N1C2C[C@@H]2CC1[C@H](OC)[C@@H](C)C(=O)N[C@@H](Cc1ccccc1Cl)C(=O)O)OC)N(C)C(=O)[C@@H](NC(=O)[C@H](C(C)C)N(C)C(=O)CCCCCN1C(=O)CC(SCCCC(C)(C)C)C1=O)C(C)C. The Balaban J connectivity index is 1.38. The van der Waals surface area contributed by atoms with Crippen molar-refractivity contribution in [3.63, 3.8) is 0 Å². The average molecular weight is 1100 g/mol. The maximum atomic E-state index is 14.7. The number of methoxy groups -OCH3 is 2. The minimum Gasteiger partial charge on any atom is -0.480 e. The molecule has 1 aromatic carbocycles. The number of carboxylic acids is 1. The molecule has 3 fully saturated rings. The van der Waals surface area contributed by atoms with Crippen molar-refractivity contribution in [1.29, 1.82) is 0 Å². The van der Waals surface area contributed by atoms with Crippen LogP contribution in [0.1, 0.15) is 145 Å². The lowest BCUT2D eigenvalue weighted by atomic mass is 9.89. The molecule has 76 heavy (non-hydrogen) atoms. The summed E-state index contributed by atoms with van der Waals surface area (Å²) in [5.41, 5.74) is 0.802. The minimum atomic E-state index is -1.25. The molecule has 0 aromatic heterocycles. The first kappa shape index (κ1) is 64.3. The topological polar surface area (TPSA) is 212 Å². The fraction of sp³-hybridized carbons (Fsp3) is 0.754. The number of hydrogen-bond donors (Lipinski definition) is 3. The third kappa shape index (κ3) is 17.1. The zero-order valence-electron chi connectivity index (χ0n) is 47.9. The maximum absolute atomic E-state index is 14.7. The van der Waals surface area contributed by atoms with Crippen LogP contribution < -0.4 is 10.6 Å². The Morgan fingerprint density at radius 2 is 1.55 bits per heavy atom. The third-order valence-electron chi connectivity index (χ3n) is 15.9. The van der Waals surface area contributed by atoms with E-state index in [4.69, 9.17) is 21.1 Å². The summed E-state index contributed by atoms with van der Waals surface area (Å²) in [4.78, 5) is 115. The summed E-state index contributed by atoms with van der Waals surface area (Å²) in [5, 5.41) is 15.8. The van der Waals surface area contributed by atoms with Gasteiger partial charge in [0.2, 0.25) is 41.4 Å². The number of hydrogen-bond acceptors (Lipinski definition) is 11. The summed E-state index contributed by atoms with van der Waals surface area (Å²) < 4.78 is 12.1. The van der Waals surface area contributed by atoms with Crippen LogP contribution in [0.25, 0.3) is 0 Å². The molecule has 17 nitrogen and oxygen atoms in total. The Morgan fingerprint density at radius 3 is 2.13 bits per heavy atom. The number of carbonyl (C=O) groups is 8. The molecule has 19 heteroatoms. The zero-order chi connectivity index (χ0) is 56.9. The quantitative estimate of drug-likeness (QED) is 0.0496. The molecule has 2 heterocycles. The van der Waals surface area contributed by atoms with Gasteiger partial charge in [0.15, 0.2) is 0 Å². The van der Waals surface area contributed by atoms with E-state index in [0.29, 0.717) is 49.2 Å². The van der Waals surface area contributed by atoms with E-state index >= 15 is 0 Å². The summed E-state index contributed by atoms with van der Waals surface area (Å²) in [6.07, 6.45) is 4.59. The highest BCUT2D eigenvalue weighted by Gasteiger charge is 2.57. The number of likely N-dealkylation sites (N-methyl/N-ethyl adjacent to an activating group) is 2. The van der Waals surface area contributed by atoms with E-state index in [1.165, 1.54) is 24.0 Å². The van der Waals surface area contributed by atoms with Crippen molar-refractivity contribution in [1.82, 2.24) is 30.2 Å². The van der Waals surface area contributed by atoms with Crippen molar-refractivity contribution >= 4 is 70.7 Å². The Morgan fingerprint density at radius 1 is 0.882 bits per heavy atom.